The third-order valence-electron chi connectivity index (χ3n) is 9.83. The number of para-hydroxylation sites is 2. The maximum absolute atomic E-state index is 13.1. The number of ketones is 2. The summed E-state index contributed by atoms with van der Waals surface area (Å²) in [5.41, 5.74) is 4.92. The van der Waals surface area contributed by atoms with E-state index < -0.39 is 0 Å². The van der Waals surface area contributed by atoms with Gasteiger partial charge in [0, 0.05) is 26.2 Å². The lowest BCUT2D eigenvalue weighted by Crippen LogP contribution is -2.44. The van der Waals surface area contributed by atoms with E-state index in [-0.39, 0.29) is 34.3 Å². The number of benzene rings is 4. The Morgan fingerprint density at radius 1 is 0.529 bits per heavy atom. The number of rotatable bonds is 1. The summed E-state index contributed by atoms with van der Waals surface area (Å²) in [7, 11) is 0. The van der Waals surface area contributed by atoms with Crippen LogP contribution in [0.4, 0.5) is 5.69 Å². The Morgan fingerprint density at radius 3 is 1.57 bits per heavy atom. The van der Waals surface area contributed by atoms with E-state index in [1.165, 1.54) is 41.5 Å². The molecule has 10 rings (SSSR count). The Balaban J connectivity index is 0.000000128. The van der Waals surface area contributed by atoms with E-state index in [2.05, 4.69) is 25.5 Å². The zero-order chi connectivity index (χ0) is 35.1. The molecular formula is C40H37N7O4. The van der Waals surface area contributed by atoms with Crippen LogP contribution in [-0.2, 0) is 0 Å². The fourth-order valence-corrected chi connectivity index (χ4v) is 7.29. The predicted octanol–water partition coefficient (Wildman–Crippen LogP) is 4.34. The standard InChI is InChI=1S/C19H16N4O2.C16H10N2O2.C5H11N/c24-17-16-14(22-10-8-20-9-11-22)6-3-7-15(16)23-18(17)21-13-5-2-1-4-12(13)19(23)25;1-9-5-4-8-12-13(9)14(19)15-17-11-7-3-2-6-10(11)16(20)18(12)15;1-2-4-6-5-3-1/h1-7,20H,8-11H2;2-8H,1H3;6H,1-5H2. The van der Waals surface area contributed by atoms with Gasteiger partial charge >= 0.3 is 0 Å². The van der Waals surface area contributed by atoms with Crippen molar-refractivity contribution in [1.29, 1.82) is 0 Å². The van der Waals surface area contributed by atoms with Gasteiger partial charge in [0.15, 0.2) is 11.6 Å². The number of nitrogens with one attached hydrogen (secondary N) is 2. The first-order valence-corrected chi connectivity index (χ1v) is 17.5. The van der Waals surface area contributed by atoms with Gasteiger partial charge in [-0.1, -0.05) is 48.9 Å². The van der Waals surface area contributed by atoms with Crippen molar-refractivity contribution in [2.45, 2.75) is 26.2 Å². The Hall–Kier alpha value is -5.78. The average molecular weight is 680 g/mol. The fourth-order valence-electron chi connectivity index (χ4n) is 7.29. The molecular weight excluding hydrogens is 642 g/mol. The van der Waals surface area contributed by atoms with Gasteiger partial charge < -0.3 is 15.5 Å². The molecule has 2 aromatic heterocycles. The van der Waals surface area contributed by atoms with Gasteiger partial charge in [-0.15, -0.1) is 0 Å². The molecule has 0 atom stereocenters. The molecule has 4 aliphatic heterocycles. The van der Waals surface area contributed by atoms with Gasteiger partial charge in [-0.05, 0) is 80.9 Å². The molecule has 4 aromatic carbocycles. The van der Waals surface area contributed by atoms with Gasteiger partial charge in [-0.2, -0.15) is 0 Å². The van der Waals surface area contributed by atoms with Crippen molar-refractivity contribution in [1.82, 2.24) is 29.7 Å². The van der Waals surface area contributed by atoms with Gasteiger partial charge in [0.1, 0.15) is 0 Å². The van der Waals surface area contributed by atoms with Gasteiger partial charge in [-0.3, -0.25) is 28.3 Å². The Kier molecular flexibility index (Phi) is 8.58. The van der Waals surface area contributed by atoms with E-state index in [4.69, 9.17) is 0 Å². The molecule has 0 bridgehead atoms. The molecule has 256 valence electrons. The molecule has 0 aliphatic carbocycles. The zero-order valence-corrected chi connectivity index (χ0v) is 28.3. The number of carbonyl (C=O) groups excluding carboxylic acids is 2. The van der Waals surface area contributed by atoms with E-state index >= 15 is 0 Å². The average Bonchev–Trinajstić information content (AvgIpc) is 3.64. The third-order valence-corrected chi connectivity index (χ3v) is 9.83. The molecule has 0 unspecified atom stereocenters. The van der Waals surface area contributed by atoms with E-state index in [0.29, 0.717) is 44.3 Å². The second kappa shape index (κ2) is 13.5. The lowest BCUT2D eigenvalue weighted by atomic mass is 10.1. The number of carbonyl (C=O) groups is 2. The molecule has 0 spiro atoms. The van der Waals surface area contributed by atoms with Crippen molar-refractivity contribution >= 4 is 39.1 Å². The normalized spacial score (nSPS) is 15.7. The molecule has 11 heteroatoms. The van der Waals surface area contributed by atoms with Crippen LogP contribution in [0.25, 0.3) is 33.2 Å². The van der Waals surface area contributed by atoms with Crippen LogP contribution in [0.3, 0.4) is 0 Å². The molecule has 2 N–H and O–H groups in total. The number of aromatic nitrogens is 4. The minimum atomic E-state index is -0.191. The number of hydrogen-bond donors (Lipinski definition) is 2. The van der Waals surface area contributed by atoms with Crippen LogP contribution >= 0.6 is 0 Å². The molecule has 6 heterocycles. The number of hydrogen-bond acceptors (Lipinski definition) is 9. The van der Waals surface area contributed by atoms with Crippen LogP contribution in [0, 0.1) is 6.92 Å². The summed E-state index contributed by atoms with van der Waals surface area (Å²) in [6, 6.07) is 25.4. The summed E-state index contributed by atoms with van der Waals surface area (Å²) in [6.07, 6.45) is 4.22. The summed E-state index contributed by atoms with van der Waals surface area (Å²) in [5, 5.41) is 7.66. The van der Waals surface area contributed by atoms with Crippen molar-refractivity contribution in [2.24, 2.45) is 0 Å². The van der Waals surface area contributed by atoms with Crippen LogP contribution in [0.15, 0.2) is 94.5 Å². The van der Waals surface area contributed by atoms with Crippen LogP contribution in [0.2, 0.25) is 0 Å². The number of piperidine rings is 1. The molecule has 0 amide bonds. The zero-order valence-electron chi connectivity index (χ0n) is 28.3. The summed E-state index contributed by atoms with van der Waals surface area (Å²) in [4.78, 5) is 62.2. The van der Waals surface area contributed by atoms with Crippen molar-refractivity contribution in [2.75, 3.05) is 44.2 Å². The highest BCUT2D eigenvalue weighted by Crippen LogP contribution is 2.34. The molecule has 11 nitrogen and oxygen atoms in total. The summed E-state index contributed by atoms with van der Waals surface area (Å²) in [6.45, 7) is 7.81. The fraction of sp³-hybridized carbons (Fsp3) is 0.250. The smallest absolute Gasteiger partial charge is 0.266 e. The van der Waals surface area contributed by atoms with Crippen LogP contribution < -0.4 is 26.7 Å². The number of aryl methyl sites for hydroxylation is 1. The van der Waals surface area contributed by atoms with Gasteiger partial charge in [0.25, 0.3) is 11.1 Å². The molecule has 0 saturated carbocycles. The number of fused-ring (bicyclic) bond motifs is 8. The third kappa shape index (κ3) is 5.64. The lowest BCUT2D eigenvalue weighted by molar-refractivity contribution is 0.102. The molecule has 0 radical (unpaired) electrons. The van der Waals surface area contributed by atoms with Gasteiger partial charge in [0.05, 0.1) is 50.0 Å². The van der Waals surface area contributed by atoms with Gasteiger partial charge in [0.2, 0.25) is 11.6 Å². The second-order valence-electron chi connectivity index (χ2n) is 13.0. The van der Waals surface area contributed by atoms with Gasteiger partial charge in [-0.25, -0.2) is 9.97 Å². The largest absolute Gasteiger partial charge is 0.368 e. The SMILES string of the molecule is C1CCNCC1.Cc1cccc2c1C(=O)c1nc3ccccc3c(=O)n1-2.O=C1c2c(N3CCNCC3)cccc2-n2c1nc1ccccc1c2=O. The van der Waals surface area contributed by atoms with E-state index in [1.807, 2.05) is 55.5 Å². The minimum absolute atomic E-state index is 0.174. The number of piperazine rings is 1. The predicted molar refractivity (Wildman–Crippen MR) is 198 cm³/mol. The highest BCUT2D eigenvalue weighted by Gasteiger charge is 2.34. The molecule has 2 fully saturated rings. The van der Waals surface area contributed by atoms with E-state index in [0.717, 1.165) is 37.4 Å². The summed E-state index contributed by atoms with van der Waals surface area (Å²) < 4.78 is 2.89. The summed E-state index contributed by atoms with van der Waals surface area (Å²) >= 11 is 0. The van der Waals surface area contributed by atoms with Crippen LogP contribution in [0.1, 0.15) is 57.2 Å². The molecule has 2 saturated heterocycles. The number of nitrogens with zero attached hydrogens (tertiary/aromatic N) is 5. The first kappa shape index (κ1) is 32.4. The van der Waals surface area contributed by atoms with Crippen LogP contribution in [-0.4, -0.2) is 69.9 Å². The molecule has 6 aromatic rings. The van der Waals surface area contributed by atoms with Crippen molar-refractivity contribution in [3.8, 4) is 11.4 Å². The Morgan fingerprint density at radius 2 is 1.02 bits per heavy atom. The quantitative estimate of drug-likeness (QED) is 0.260. The van der Waals surface area contributed by atoms with Crippen molar-refractivity contribution in [3.63, 3.8) is 0 Å². The second-order valence-corrected chi connectivity index (χ2v) is 13.0. The first-order valence-electron chi connectivity index (χ1n) is 17.5. The highest BCUT2D eigenvalue weighted by atomic mass is 16.2. The topological polar surface area (TPSA) is 131 Å². The molecule has 51 heavy (non-hydrogen) atoms. The number of anilines is 1. The first-order chi connectivity index (χ1) is 24.9. The maximum atomic E-state index is 13.1. The van der Waals surface area contributed by atoms with E-state index in [9.17, 15) is 19.2 Å². The van der Waals surface area contributed by atoms with Crippen molar-refractivity contribution in [3.05, 3.63) is 134 Å². The summed E-state index contributed by atoms with van der Waals surface area (Å²) in [5.74, 6) is 0.0622. The Bertz CT molecular complexity index is 2460. The monoisotopic (exact) mass is 679 g/mol. The van der Waals surface area contributed by atoms with E-state index in [1.54, 1.807) is 36.4 Å². The van der Waals surface area contributed by atoms with Crippen molar-refractivity contribution < 1.29 is 9.59 Å². The van der Waals surface area contributed by atoms with Crippen LogP contribution in [0.5, 0.6) is 0 Å². The highest BCUT2D eigenvalue weighted by molar-refractivity contribution is 6.17. The minimum Gasteiger partial charge on any atom is -0.368 e. The lowest BCUT2D eigenvalue weighted by Gasteiger charge is -2.30. The maximum Gasteiger partial charge on any atom is 0.266 e. The molecule has 4 aliphatic rings. The Labute approximate surface area is 293 Å².